The van der Waals surface area contributed by atoms with Crippen molar-refractivity contribution in [3.05, 3.63) is 0 Å². The van der Waals surface area contributed by atoms with Crippen LogP contribution in [0, 0.1) is 0 Å². The number of unbranched alkanes of at least 4 members (excludes halogenated alkanes) is 1. The van der Waals surface area contributed by atoms with Gasteiger partial charge in [0.25, 0.3) is 0 Å². The van der Waals surface area contributed by atoms with Crippen molar-refractivity contribution >= 4 is 17.0 Å². The lowest BCUT2D eigenvalue weighted by Gasteiger charge is -2.11. The fourth-order valence-electron chi connectivity index (χ4n) is 0.649. The van der Waals surface area contributed by atoms with Gasteiger partial charge in [-0.3, -0.25) is 4.79 Å². The van der Waals surface area contributed by atoms with E-state index in [4.69, 9.17) is 4.74 Å². The Hall–Kier alpha value is -0.420. The average Bonchev–Trinajstić information content (AvgIpc) is 2.04. The monoisotopic (exact) mass is 207 g/mol. The van der Waals surface area contributed by atoms with Gasteiger partial charge in [-0.05, 0) is 6.42 Å². The fourth-order valence-corrected chi connectivity index (χ4v) is 0.936. The molecule has 5 heteroatoms. The van der Waals surface area contributed by atoms with E-state index in [9.17, 15) is 9.00 Å². The van der Waals surface area contributed by atoms with Crippen LogP contribution < -0.4 is 0 Å². The molecule has 1 atom stereocenters. The zero-order valence-electron chi connectivity index (χ0n) is 8.41. The summed E-state index contributed by atoms with van der Waals surface area (Å²) in [6, 6.07) is 0. The highest BCUT2D eigenvalue weighted by molar-refractivity contribution is 7.81. The van der Waals surface area contributed by atoms with Crippen molar-refractivity contribution in [3.63, 3.8) is 0 Å². The van der Waals surface area contributed by atoms with Gasteiger partial charge in [-0.25, -0.2) is 8.51 Å². The predicted octanol–water partition coefficient (Wildman–Crippen LogP) is 0.555. The molecule has 0 saturated carbocycles. The summed E-state index contributed by atoms with van der Waals surface area (Å²) in [5.74, 6) is -0.314. The van der Waals surface area contributed by atoms with E-state index in [0.717, 1.165) is 12.8 Å². The number of rotatable bonds is 6. The SMILES string of the molecule is CCCCOC(=O)CN(C)S(C)=O. The van der Waals surface area contributed by atoms with E-state index in [0.29, 0.717) is 6.61 Å². The Bertz CT molecular complexity index is 184. The molecule has 0 spiro atoms. The third-order valence-corrected chi connectivity index (χ3v) is 2.56. The molecule has 0 radical (unpaired) electrons. The summed E-state index contributed by atoms with van der Waals surface area (Å²) in [5, 5.41) is 0. The molecule has 0 aliphatic heterocycles. The molecule has 0 fully saturated rings. The first-order chi connectivity index (χ1) is 6.07. The first kappa shape index (κ1) is 12.6. The molecule has 4 nitrogen and oxygen atoms in total. The number of carbonyl (C=O) groups is 1. The van der Waals surface area contributed by atoms with E-state index in [2.05, 4.69) is 0 Å². The van der Waals surface area contributed by atoms with Crippen molar-refractivity contribution < 1.29 is 13.7 Å². The van der Waals surface area contributed by atoms with E-state index >= 15 is 0 Å². The second-order valence-electron chi connectivity index (χ2n) is 2.78. The summed E-state index contributed by atoms with van der Waals surface area (Å²) in [5.41, 5.74) is 0. The van der Waals surface area contributed by atoms with E-state index in [1.54, 1.807) is 7.05 Å². The van der Waals surface area contributed by atoms with Crippen LogP contribution in [-0.2, 0) is 20.5 Å². The Kier molecular flexibility index (Phi) is 6.80. The second kappa shape index (κ2) is 7.03. The van der Waals surface area contributed by atoms with Crippen molar-refractivity contribution in [3.8, 4) is 0 Å². The molecular weight excluding hydrogens is 190 g/mol. The molecule has 0 bridgehead atoms. The van der Waals surface area contributed by atoms with E-state index < -0.39 is 11.0 Å². The molecule has 0 N–H and O–H groups in total. The summed E-state index contributed by atoms with van der Waals surface area (Å²) in [6.07, 6.45) is 3.41. The van der Waals surface area contributed by atoms with Gasteiger partial charge >= 0.3 is 5.97 Å². The van der Waals surface area contributed by atoms with Gasteiger partial charge in [-0.2, -0.15) is 0 Å². The van der Waals surface area contributed by atoms with E-state index in [1.807, 2.05) is 6.92 Å². The number of likely N-dealkylation sites (N-methyl/N-ethyl adjacent to an activating group) is 1. The molecule has 0 aromatic rings. The number of nitrogens with zero attached hydrogens (tertiary/aromatic N) is 1. The molecule has 0 saturated heterocycles. The van der Waals surface area contributed by atoms with Gasteiger partial charge < -0.3 is 4.74 Å². The average molecular weight is 207 g/mol. The van der Waals surface area contributed by atoms with Crippen molar-refractivity contribution in [2.24, 2.45) is 0 Å². The Morgan fingerprint density at radius 3 is 2.62 bits per heavy atom. The largest absolute Gasteiger partial charge is 0.465 e. The summed E-state index contributed by atoms with van der Waals surface area (Å²) < 4.78 is 17.2. The van der Waals surface area contributed by atoms with Gasteiger partial charge in [-0.15, -0.1) is 0 Å². The Labute approximate surface area is 81.8 Å². The lowest BCUT2D eigenvalue weighted by atomic mass is 10.4. The van der Waals surface area contributed by atoms with Gasteiger partial charge in [-0.1, -0.05) is 13.3 Å². The number of carbonyl (C=O) groups excluding carboxylic acids is 1. The number of hydrogen-bond acceptors (Lipinski definition) is 3. The Morgan fingerprint density at radius 1 is 1.54 bits per heavy atom. The first-order valence-corrected chi connectivity index (χ1v) is 5.79. The van der Waals surface area contributed by atoms with Crippen LogP contribution in [0.15, 0.2) is 0 Å². The molecule has 0 heterocycles. The third kappa shape index (κ3) is 6.72. The molecule has 78 valence electrons. The van der Waals surface area contributed by atoms with Crippen LogP contribution >= 0.6 is 0 Å². The summed E-state index contributed by atoms with van der Waals surface area (Å²) in [7, 11) is 0.516. The molecule has 1 unspecified atom stereocenters. The van der Waals surface area contributed by atoms with Crippen LogP contribution in [0.5, 0.6) is 0 Å². The standard InChI is InChI=1S/C8H17NO3S/c1-4-5-6-12-8(10)7-9(2)13(3)11/h4-7H2,1-3H3. The van der Waals surface area contributed by atoms with Crippen LogP contribution in [0.25, 0.3) is 0 Å². The van der Waals surface area contributed by atoms with Gasteiger partial charge in [0.15, 0.2) is 0 Å². The molecular formula is C8H17NO3S. The molecule has 13 heavy (non-hydrogen) atoms. The molecule has 0 aliphatic rings. The lowest BCUT2D eigenvalue weighted by molar-refractivity contribution is -0.143. The van der Waals surface area contributed by atoms with E-state index in [1.165, 1.54) is 10.6 Å². The lowest BCUT2D eigenvalue weighted by Crippen LogP contribution is -2.28. The highest BCUT2D eigenvalue weighted by Crippen LogP contribution is 1.92. The molecule has 0 aromatic carbocycles. The van der Waals surface area contributed by atoms with Gasteiger partial charge in [0.05, 0.1) is 17.6 Å². The van der Waals surface area contributed by atoms with Gasteiger partial charge in [0.1, 0.15) is 6.54 Å². The quantitative estimate of drug-likeness (QED) is 0.472. The predicted molar refractivity (Wildman–Crippen MR) is 52.6 cm³/mol. The summed E-state index contributed by atoms with van der Waals surface area (Å²) in [6.45, 7) is 2.58. The maximum Gasteiger partial charge on any atom is 0.321 e. The maximum atomic E-state index is 11.0. The maximum absolute atomic E-state index is 11.0. The summed E-state index contributed by atoms with van der Waals surface area (Å²) in [4.78, 5) is 11.0. The zero-order valence-corrected chi connectivity index (χ0v) is 9.23. The van der Waals surface area contributed by atoms with Crippen molar-refractivity contribution in [1.82, 2.24) is 4.31 Å². The van der Waals surface area contributed by atoms with Crippen LogP contribution in [0.3, 0.4) is 0 Å². The minimum Gasteiger partial charge on any atom is -0.465 e. The minimum atomic E-state index is -1.11. The van der Waals surface area contributed by atoms with Crippen LogP contribution in [-0.4, -0.2) is 40.9 Å². The second-order valence-corrected chi connectivity index (χ2v) is 4.25. The number of ether oxygens (including phenoxy) is 1. The Morgan fingerprint density at radius 2 is 2.15 bits per heavy atom. The summed E-state index contributed by atoms with van der Waals surface area (Å²) >= 11 is 0. The van der Waals surface area contributed by atoms with E-state index in [-0.39, 0.29) is 12.5 Å². The van der Waals surface area contributed by atoms with Crippen molar-refractivity contribution in [2.45, 2.75) is 19.8 Å². The minimum absolute atomic E-state index is 0.0901. The van der Waals surface area contributed by atoms with Gasteiger partial charge in [0.2, 0.25) is 0 Å². The molecule has 0 aromatic heterocycles. The highest BCUT2D eigenvalue weighted by atomic mass is 32.2. The molecule has 0 amide bonds. The topological polar surface area (TPSA) is 46.6 Å². The van der Waals surface area contributed by atoms with Crippen LogP contribution in [0.1, 0.15) is 19.8 Å². The Balaban J connectivity index is 3.56. The molecule has 0 rings (SSSR count). The van der Waals surface area contributed by atoms with Crippen LogP contribution in [0.4, 0.5) is 0 Å². The zero-order chi connectivity index (χ0) is 10.3. The number of esters is 1. The smallest absolute Gasteiger partial charge is 0.321 e. The van der Waals surface area contributed by atoms with Crippen molar-refractivity contribution in [1.29, 1.82) is 0 Å². The fraction of sp³-hybridized carbons (Fsp3) is 0.875. The third-order valence-electron chi connectivity index (χ3n) is 1.55. The first-order valence-electron chi connectivity index (χ1n) is 4.28. The normalized spacial score (nSPS) is 12.9. The molecule has 0 aliphatic carbocycles. The van der Waals surface area contributed by atoms with Gasteiger partial charge in [0, 0.05) is 13.3 Å². The highest BCUT2D eigenvalue weighted by Gasteiger charge is 2.09. The van der Waals surface area contributed by atoms with Crippen molar-refractivity contribution in [2.75, 3.05) is 26.5 Å². The number of hydrogen-bond donors (Lipinski definition) is 0. The van der Waals surface area contributed by atoms with Crippen LogP contribution in [0.2, 0.25) is 0 Å².